The van der Waals surface area contributed by atoms with Gasteiger partial charge in [-0.15, -0.1) is 0 Å². The van der Waals surface area contributed by atoms with Gasteiger partial charge in [-0.1, -0.05) is 26.0 Å². The van der Waals surface area contributed by atoms with Gasteiger partial charge >= 0.3 is 6.03 Å². The highest BCUT2D eigenvalue weighted by atomic mass is 16.5. The smallest absolute Gasteiger partial charge is 0.314 e. The summed E-state index contributed by atoms with van der Waals surface area (Å²) >= 11 is 0. The Morgan fingerprint density at radius 2 is 2.09 bits per heavy atom. The number of aliphatic hydroxyl groups excluding tert-OH is 1. The largest absolute Gasteiger partial charge is 0.493 e. The molecule has 0 aliphatic carbocycles. The Morgan fingerprint density at radius 1 is 1.32 bits per heavy atom. The number of carbonyl (C=O) groups is 1. The molecule has 1 unspecified atom stereocenters. The van der Waals surface area contributed by atoms with Crippen LogP contribution in [0.2, 0.25) is 0 Å². The molecule has 0 radical (unpaired) electrons. The molecule has 1 aliphatic rings. The maximum absolute atomic E-state index is 11.6. The van der Waals surface area contributed by atoms with E-state index in [9.17, 15) is 9.90 Å². The van der Waals surface area contributed by atoms with Crippen molar-refractivity contribution in [2.45, 2.75) is 39.2 Å². The van der Waals surface area contributed by atoms with Gasteiger partial charge in [0.1, 0.15) is 5.75 Å². The van der Waals surface area contributed by atoms with Gasteiger partial charge in [0.2, 0.25) is 0 Å². The Labute approximate surface area is 132 Å². The highest BCUT2D eigenvalue weighted by Crippen LogP contribution is 2.25. The van der Waals surface area contributed by atoms with E-state index < -0.39 is 0 Å². The summed E-state index contributed by atoms with van der Waals surface area (Å²) < 4.78 is 5.48. The molecule has 0 aromatic heterocycles. The van der Waals surface area contributed by atoms with E-state index in [-0.39, 0.29) is 18.1 Å². The first kappa shape index (κ1) is 16.6. The minimum absolute atomic E-state index is 0.180. The lowest BCUT2D eigenvalue weighted by atomic mass is 10.0. The number of hydrogen-bond acceptors (Lipinski definition) is 3. The number of amides is 2. The molecule has 1 aromatic carbocycles. The van der Waals surface area contributed by atoms with E-state index in [1.807, 2.05) is 26.0 Å². The summed E-state index contributed by atoms with van der Waals surface area (Å²) in [5, 5.41) is 15.3. The molecule has 22 heavy (non-hydrogen) atoms. The summed E-state index contributed by atoms with van der Waals surface area (Å²) in [6, 6.07) is 6.02. The molecule has 3 N–H and O–H groups in total. The van der Waals surface area contributed by atoms with E-state index in [4.69, 9.17) is 4.74 Å². The van der Waals surface area contributed by atoms with E-state index in [0.717, 1.165) is 25.2 Å². The summed E-state index contributed by atoms with van der Waals surface area (Å²) in [7, 11) is 0. The topological polar surface area (TPSA) is 70.6 Å². The molecule has 1 aromatic rings. The van der Waals surface area contributed by atoms with Gasteiger partial charge in [0, 0.05) is 19.5 Å². The Hall–Kier alpha value is -1.75. The molecule has 5 heteroatoms. The van der Waals surface area contributed by atoms with E-state index in [1.54, 1.807) is 0 Å². The Kier molecular flexibility index (Phi) is 6.07. The molecular formula is C17H26N2O3. The van der Waals surface area contributed by atoms with Crippen LogP contribution in [0.1, 0.15) is 31.4 Å². The van der Waals surface area contributed by atoms with Gasteiger partial charge in [0.15, 0.2) is 0 Å². The molecular weight excluding hydrogens is 280 g/mol. The zero-order valence-electron chi connectivity index (χ0n) is 13.4. The monoisotopic (exact) mass is 306 g/mol. The number of hydrogen-bond donors (Lipinski definition) is 3. The molecule has 2 amide bonds. The minimum Gasteiger partial charge on any atom is -0.493 e. The second-order valence-electron chi connectivity index (χ2n) is 6.07. The minimum atomic E-state index is -0.367. The van der Waals surface area contributed by atoms with Gasteiger partial charge in [-0.3, -0.25) is 0 Å². The number of aliphatic hydroxyl groups is 1. The summed E-state index contributed by atoms with van der Waals surface area (Å²) in [6.45, 7) is 5.78. The highest BCUT2D eigenvalue weighted by molar-refractivity contribution is 5.73. The molecule has 2 rings (SSSR count). The summed E-state index contributed by atoms with van der Waals surface area (Å²) in [5.41, 5.74) is 2.46. The maximum atomic E-state index is 11.6. The van der Waals surface area contributed by atoms with Gasteiger partial charge in [-0.05, 0) is 36.0 Å². The fourth-order valence-corrected chi connectivity index (χ4v) is 2.45. The van der Waals surface area contributed by atoms with Crippen LogP contribution in [0.25, 0.3) is 0 Å². The Balaban J connectivity index is 1.63. The van der Waals surface area contributed by atoms with Gasteiger partial charge in [-0.25, -0.2) is 4.79 Å². The average Bonchev–Trinajstić information content (AvgIpc) is 2.94. The Morgan fingerprint density at radius 3 is 2.86 bits per heavy atom. The zero-order chi connectivity index (χ0) is 15.9. The second-order valence-corrected chi connectivity index (χ2v) is 6.07. The van der Waals surface area contributed by atoms with Crippen molar-refractivity contribution in [3.8, 4) is 5.75 Å². The molecule has 1 atom stereocenters. The van der Waals surface area contributed by atoms with Crippen molar-refractivity contribution in [1.29, 1.82) is 0 Å². The molecule has 1 heterocycles. The Bertz CT molecular complexity index is 503. The lowest BCUT2D eigenvalue weighted by molar-refractivity contribution is 0.116. The van der Waals surface area contributed by atoms with Crippen LogP contribution in [0.3, 0.4) is 0 Å². The lowest BCUT2D eigenvalue weighted by Crippen LogP contribution is -2.38. The molecule has 0 spiro atoms. The van der Waals surface area contributed by atoms with E-state index in [2.05, 4.69) is 16.7 Å². The van der Waals surface area contributed by atoms with Crippen molar-refractivity contribution in [2.24, 2.45) is 5.92 Å². The van der Waals surface area contributed by atoms with Crippen LogP contribution in [0.15, 0.2) is 18.2 Å². The quantitative estimate of drug-likeness (QED) is 0.720. The molecule has 0 bridgehead atoms. The molecule has 5 nitrogen and oxygen atoms in total. The first-order valence-corrected chi connectivity index (χ1v) is 8.00. The van der Waals surface area contributed by atoms with Crippen molar-refractivity contribution in [3.63, 3.8) is 0 Å². The van der Waals surface area contributed by atoms with E-state index in [0.29, 0.717) is 19.5 Å². The van der Waals surface area contributed by atoms with Crippen LogP contribution >= 0.6 is 0 Å². The van der Waals surface area contributed by atoms with Crippen molar-refractivity contribution >= 4 is 6.03 Å². The number of rotatable bonds is 7. The SMILES string of the molecule is CC(C)C(O)CCNC(=O)NCCc1ccc2c(c1)CCO2. The third-order valence-corrected chi connectivity index (χ3v) is 3.95. The zero-order valence-corrected chi connectivity index (χ0v) is 13.4. The van der Waals surface area contributed by atoms with Crippen LogP contribution in [-0.4, -0.2) is 36.9 Å². The van der Waals surface area contributed by atoms with Crippen LogP contribution in [-0.2, 0) is 12.8 Å². The predicted octanol–water partition coefficient (Wildman–Crippen LogP) is 1.87. The summed E-state index contributed by atoms with van der Waals surface area (Å²) in [5.74, 6) is 1.20. The number of carbonyl (C=O) groups excluding carboxylic acids is 1. The van der Waals surface area contributed by atoms with Crippen LogP contribution in [0, 0.1) is 5.92 Å². The lowest BCUT2D eigenvalue weighted by Gasteiger charge is -2.14. The van der Waals surface area contributed by atoms with Gasteiger partial charge in [0.05, 0.1) is 12.7 Å². The third kappa shape index (κ3) is 4.91. The first-order valence-electron chi connectivity index (χ1n) is 8.00. The summed E-state index contributed by atoms with van der Waals surface area (Å²) in [6.07, 6.45) is 1.98. The third-order valence-electron chi connectivity index (χ3n) is 3.95. The van der Waals surface area contributed by atoms with Gasteiger partial charge in [0.25, 0.3) is 0 Å². The van der Waals surface area contributed by atoms with Crippen molar-refractivity contribution < 1.29 is 14.6 Å². The van der Waals surface area contributed by atoms with E-state index in [1.165, 1.54) is 11.1 Å². The van der Waals surface area contributed by atoms with Crippen molar-refractivity contribution in [3.05, 3.63) is 29.3 Å². The molecule has 0 saturated heterocycles. The predicted molar refractivity (Wildman–Crippen MR) is 86.2 cm³/mol. The van der Waals surface area contributed by atoms with Crippen LogP contribution < -0.4 is 15.4 Å². The standard InChI is InChI=1S/C17H26N2O3/c1-12(2)15(20)6-9-19-17(21)18-8-5-13-3-4-16-14(11-13)7-10-22-16/h3-4,11-12,15,20H,5-10H2,1-2H3,(H2,18,19,21). The number of urea groups is 1. The molecule has 122 valence electrons. The average molecular weight is 306 g/mol. The molecule has 0 fully saturated rings. The van der Waals surface area contributed by atoms with Crippen molar-refractivity contribution in [1.82, 2.24) is 10.6 Å². The number of benzene rings is 1. The molecule has 1 aliphatic heterocycles. The van der Waals surface area contributed by atoms with Crippen LogP contribution in [0.5, 0.6) is 5.75 Å². The van der Waals surface area contributed by atoms with Crippen molar-refractivity contribution in [2.75, 3.05) is 19.7 Å². The molecule has 0 saturated carbocycles. The second kappa shape index (κ2) is 8.03. The maximum Gasteiger partial charge on any atom is 0.314 e. The highest BCUT2D eigenvalue weighted by Gasteiger charge is 2.12. The fourth-order valence-electron chi connectivity index (χ4n) is 2.45. The summed E-state index contributed by atoms with van der Waals surface area (Å²) in [4.78, 5) is 11.6. The van der Waals surface area contributed by atoms with Crippen LogP contribution in [0.4, 0.5) is 4.79 Å². The number of fused-ring (bicyclic) bond motifs is 1. The van der Waals surface area contributed by atoms with Gasteiger partial charge in [-0.2, -0.15) is 0 Å². The number of nitrogens with one attached hydrogen (secondary N) is 2. The number of ether oxygens (including phenoxy) is 1. The van der Waals surface area contributed by atoms with Gasteiger partial charge < -0.3 is 20.5 Å². The normalized spacial score (nSPS) is 14.4. The van der Waals surface area contributed by atoms with E-state index >= 15 is 0 Å². The fraction of sp³-hybridized carbons (Fsp3) is 0.588. The first-order chi connectivity index (χ1) is 10.6.